The van der Waals surface area contributed by atoms with Crippen LogP contribution >= 0.6 is 11.6 Å². The molecule has 0 amide bonds. The molecule has 0 spiro atoms. The standard InChI is InChI=1S/C23H25ClN4O5/c1-33-21-5-3-2-4-15(21)10-16-11-18(14-6-8-17(24)9-7-14)26-28-23(16)27-25-12-19(30)22(32)20(31)13-29/h2-9,11-12,19-20,22,29-32H,10,13H2,1H3,(H,27,28)/b25-12+. The van der Waals surface area contributed by atoms with Crippen LogP contribution in [-0.4, -0.2) is 68.9 Å². The number of benzene rings is 2. The van der Waals surface area contributed by atoms with Crippen molar-refractivity contribution in [2.75, 3.05) is 19.1 Å². The van der Waals surface area contributed by atoms with Gasteiger partial charge < -0.3 is 25.2 Å². The zero-order valence-corrected chi connectivity index (χ0v) is 18.6. The van der Waals surface area contributed by atoms with Crippen LogP contribution < -0.4 is 10.2 Å². The van der Waals surface area contributed by atoms with E-state index >= 15 is 0 Å². The first-order valence-electron chi connectivity index (χ1n) is 10.1. The average Bonchev–Trinajstić information content (AvgIpc) is 2.84. The van der Waals surface area contributed by atoms with Gasteiger partial charge in [0.15, 0.2) is 5.82 Å². The van der Waals surface area contributed by atoms with Crippen LogP contribution in [0, 0.1) is 0 Å². The Morgan fingerprint density at radius 3 is 2.48 bits per heavy atom. The molecule has 3 unspecified atom stereocenters. The van der Waals surface area contributed by atoms with Gasteiger partial charge in [0.25, 0.3) is 0 Å². The molecule has 9 nitrogen and oxygen atoms in total. The first kappa shape index (κ1) is 24.6. The van der Waals surface area contributed by atoms with Gasteiger partial charge in [-0.15, -0.1) is 10.2 Å². The third-order valence-electron chi connectivity index (χ3n) is 4.92. The number of halogens is 1. The summed E-state index contributed by atoms with van der Waals surface area (Å²) in [6, 6.07) is 16.7. The second-order valence-electron chi connectivity index (χ2n) is 7.22. The summed E-state index contributed by atoms with van der Waals surface area (Å²) < 4.78 is 5.45. The van der Waals surface area contributed by atoms with Crippen LogP contribution in [0.2, 0.25) is 5.02 Å². The van der Waals surface area contributed by atoms with Crippen LogP contribution in [0.25, 0.3) is 11.3 Å². The van der Waals surface area contributed by atoms with Gasteiger partial charge in [0, 0.05) is 22.6 Å². The molecule has 3 rings (SSSR count). The van der Waals surface area contributed by atoms with Crippen molar-refractivity contribution in [1.82, 2.24) is 10.2 Å². The molecular formula is C23H25ClN4O5. The fraction of sp³-hybridized carbons (Fsp3) is 0.261. The maximum Gasteiger partial charge on any atom is 0.172 e. The molecule has 0 fully saturated rings. The minimum atomic E-state index is -1.59. The van der Waals surface area contributed by atoms with Gasteiger partial charge in [0.2, 0.25) is 0 Å². The topological polar surface area (TPSA) is 140 Å². The number of ether oxygens (including phenoxy) is 1. The summed E-state index contributed by atoms with van der Waals surface area (Å²) in [6.45, 7) is -0.694. The Morgan fingerprint density at radius 1 is 1.06 bits per heavy atom. The molecular weight excluding hydrogens is 448 g/mol. The Morgan fingerprint density at radius 2 is 1.79 bits per heavy atom. The van der Waals surface area contributed by atoms with Gasteiger partial charge in [-0.3, -0.25) is 5.43 Å². The Bertz CT molecular complexity index is 1080. The van der Waals surface area contributed by atoms with Gasteiger partial charge >= 0.3 is 0 Å². The zero-order valence-electron chi connectivity index (χ0n) is 17.8. The summed E-state index contributed by atoms with van der Waals surface area (Å²) in [6.07, 6.45) is -3.13. The van der Waals surface area contributed by atoms with Gasteiger partial charge in [0.1, 0.15) is 24.1 Å². The quantitative estimate of drug-likeness (QED) is 0.222. The second-order valence-corrected chi connectivity index (χ2v) is 7.66. The highest BCUT2D eigenvalue weighted by atomic mass is 35.5. The summed E-state index contributed by atoms with van der Waals surface area (Å²) >= 11 is 5.99. The minimum absolute atomic E-state index is 0.333. The number of nitrogens with zero attached hydrogens (tertiary/aromatic N) is 3. The second kappa shape index (κ2) is 11.7. The van der Waals surface area contributed by atoms with Gasteiger partial charge in [0.05, 0.1) is 25.6 Å². The fourth-order valence-corrected chi connectivity index (χ4v) is 3.20. The summed E-state index contributed by atoms with van der Waals surface area (Å²) in [4.78, 5) is 0. The number of hydrogen-bond donors (Lipinski definition) is 5. The maximum absolute atomic E-state index is 9.91. The minimum Gasteiger partial charge on any atom is -0.496 e. The number of anilines is 1. The predicted molar refractivity (Wildman–Crippen MR) is 125 cm³/mol. The lowest BCUT2D eigenvalue weighted by Crippen LogP contribution is -2.40. The SMILES string of the molecule is COc1ccccc1Cc1cc(-c2ccc(Cl)cc2)nnc1N/N=C/C(O)C(O)C(O)CO. The van der Waals surface area contributed by atoms with E-state index in [9.17, 15) is 15.3 Å². The van der Waals surface area contributed by atoms with Crippen molar-refractivity contribution < 1.29 is 25.2 Å². The zero-order chi connectivity index (χ0) is 23.8. The van der Waals surface area contributed by atoms with Gasteiger partial charge in [-0.25, -0.2) is 0 Å². The largest absolute Gasteiger partial charge is 0.496 e. The lowest BCUT2D eigenvalue weighted by Gasteiger charge is -2.18. The molecule has 10 heteroatoms. The van der Waals surface area contributed by atoms with E-state index in [0.717, 1.165) is 22.9 Å². The fourth-order valence-electron chi connectivity index (χ4n) is 3.07. The van der Waals surface area contributed by atoms with Crippen molar-refractivity contribution in [2.45, 2.75) is 24.7 Å². The number of aliphatic hydroxyl groups excluding tert-OH is 4. The molecule has 0 aliphatic carbocycles. The Labute approximate surface area is 196 Å². The number of hydrazone groups is 1. The van der Waals surface area contributed by atoms with Crippen LogP contribution in [0.3, 0.4) is 0 Å². The van der Waals surface area contributed by atoms with Crippen molar-refractivity contribution in [3.05, 3.63) is 70.7 Å². The molecule has 0 saturated carbocycles. The molecule has 174 valence electrons. The molecule has 1 heterocycles. The number of nitrogens with one attached hydrogen (secondary N) is 1. The third kappa shape index (κ3) is 6.47. The number of aromatic nitrogens is 2. The van der Waals surface area contributed by atoms with Crippen molar-refractivity contribution in [1.29, 1.82) is 0 Å². The van der Waals surface area contributed by atoms with E-state index in [1.807, 2.05) is 42.5 Å². The van der Waals surface area contributed by atoms with E-state index < -0.39 is 24.9 Å². The molecule has 0 saturated heterocycles. The van der Waals surface area contributed by atoms with Crippen molar-refractivity contribution in [2.24, 2.45) is 5.10 Å². The normalized spacial score (nSPS) is 14.1. The highest BCUT2D eigenvalue weighted by Gasteiger charge is 2.22. The number of para-hydroxylation sites is 1. The first-order chi connectivity index (χ1) is 15.9. The van der Waals surface area contributed by atoms with E-state index in [0.29, 0.717) is 28.7 Å². The molecule has 0 aliphatic rings. The lowest BCUT2D eigenvalue weighted by molar-refractivity contribution is -0.0541. The first-order valence-corrected chi connectivity index (χ1v) is 10.5. The van der Waals surface area contributed by atoms with E-state index in [2.05, 4.69) is 20.7 Å². The Balaban J connectivity index is 1.90. The molecule has 3 atom stereocenters. The van der Waals surface area contributed by atoms with E-state index in [1.165, 1.54) is 0 Å². The van der Waals surface area contributed by atoms with Gasteiger partial charge in [-0.2, -0.15) is 5.10 Å². The van der Waals surface area contributed by atoms with Gasteiger partial charge in [-0.05, 0) is 29.8 Å². The molecule has 33 heavy (non-hydrogen) atoms. The molecule has 1 aromatic heterocycles. The number of rotatable bonds is 10. The highest BCUT2D eigenvalue weighted by Crippen LogP contribution is 2.27. The number of hydrogen-bond acceptors (Lipinski definition) is 9. The Kier molecular flexibility index (Phi) is 8.70. The predicted octanol–water partition coefficient (Wildman–Crippen LogP) is 1.87. The lowest BCUT2D eigenvalue weighted by atomic mass is 10.0. The maximum atomic E-state index is 9.91. The van der Waals surface area contributed by atoms with Crippen LogP contribution in [-0.2, 0) is 6.42 Å². The van der Waals surface area contributed by atoms with Crippen LogP contribution in [0.15, 0.2) is 59.7 Å². The Hall–Kier alpha value is -3.08. The van der Waals surface area contributed by atoms with E-state index in [1.54, 1.807) is 19.2 Å². The van der Waals surface area contributed by atoms with Crippen LogP contribution in [0.1, 0.15) is 11.1 Å². The van der Waals surface area contributed by atoms with E-state index in [-0.39, 0.29) is 0 Å². The highest BCUT2D eigenvalue weighted by molar-refractivity contribution is 6.30. The van der Waals surface area contributed by atoms with Crippen molar-refractivity contribution in [3.63, 3.8) is 0 Å². The van der Waals surface area contributed by atoms with Crippen LogP contribution in [0.5, 0.6) is 5.75 Å². The molecule has 2 aromatic carbocycles. The number of methoxy groups -OCH3 is 1. The van der Waals surface area contributed by atoms with E-state index in [4.69, 9.17) is 21.4 Å². The molecule has 0 bridgehead atoms. The number of aliphatic hydroxyl groups is 4. The third-order valence-corrected chi connectivity index (χ3v) is 5.17. The smallest absolute Gasteiger partial charge is 0.172 e. The summed E-state index contributed by atoms with van der Waals surface area (Å²) in [5, 5.41) is 51.0. The monoisotopic (exact) mass is 472 g/mol. The summed E-state index contributed by atoms with van der Waals surface area (Å²) in [5.41, 5.74) is 5.86. The molecule has 3 aromatic rings. The van der Waals surface area contributed by atoms with Crippen molar-refractivity contribution >= 4 is 23.6 Å². The summed E-state index contributed by atoms with van der Waals surface area (Å²) in [5.74, 6) is 1.05. The van der Waals surface area contributed by atoms with Gasteiger partial charge in [-0.1, -0.05) is 41.9 Å². The average molecular weight is 473 g/mol. The van der Waals surface area contributed by atoms with Crippen molar-refractivity contribution in [3.8, 4) is 17.0 Å². The van der Waals surface area contributed by atoms with Crippen LogP contribution in [0.4, 0.5) is 5.82 Å². The molecule has 0 radical (unpaired) electrons. The molecule has 5 N–H and O–H groups in total. The summed E-state index contributed by atoms with van der Waals surface area (Å²) in [7, 11) is 1.60. The molecule has 0 aliphatic heterocycles.